The Bertz CT molecular complexity index is 2330. The van der Waals surface area contributed by atoms with Crippen molar-refractivity contribution in [1.82, 2.24) is 40.8 Å². The van der Waals surface area contributed by atoms with E-state index in [9.17, 15) is 19.2 Å². The number of nitrogens with zero attached hydrogens (tertiary/aromatic N) is 3. The van der Waals surface area contributed by atoms with Crippen LogP contribution in [-0.4, -0.2) is 81.2 Å². The maximum absolute atomic E-state index is 14.0. The zero-order chi connectivity index (χ0) is 43.4. The van der Waals surface area contributed by atoms with Crippen molar-refractivity contribution in [2.24, 2.45) is 23.7 Å². The Morgan fingerprint density at radius 2 is 1.40 bits per heavy atom. The molecule has 0 aliphatic carbocycles. The molecule has 1 saturated heterocycles. The quantitative estimate of drug-likeness (QED) is 0.0740. The van der Waals surface area contributed by atoms with E-state index in [1.54, 1.807) is 0 Å². The second kappa shape index (κ2) is 18.6. The number of carbonyl (C=O) groups is 4. The van der Waals surface area contributed by atoms with Gasteiger partial charge in [0.05, 0.1) is 49.2 Å². The van der Waals surface area contributed by atoms with Crippen LogP contribution in [0, 0.1) is 23.7 Å². The standard InChI is InChI=1S/C46H60N8O6/c1-11-26(6)18-36(51-43(55)39(24(2)3)52-45(57)59-9)41-48-34-17-16-32(22-35(34)49-41)30-12-13-31-21-33(15-14-29(31)20-30)37-23-47-42(50-37)38-19-27(7)28(8)54(38)44(56)40(25(4)5)53-46(58)60-10/h12-17,20-28,36,38-40H,11,18-19H2,1-10H3,(H,47,50)(H,48,49)(H,51,55)(H,52,57)(H,53,58)/t26?,27?,28-,36+,38+,39+,40+/m1/s1. The van der Waals surface area contributed by atoms with Gasteiger partial charge in [0.1, 0.15) is 23.7 Å². The van der Waals surface area contributed by atoms with E-state index in [-0.39, 0.29) is 47.7 Å². The number of hydrogen-bond donors (Lipinski definition) is 5. The zero-order valence-electron chi connectivity index (χ0n) is 36.4. The third-order valence-corrected chi connectivity index (χ3v) is 12.1. The largest absolute Gasteiger partial charge is 0.453 e. The first-order valence-electron chi connectivity index (χ1n) is 21.0. The van der Waals surface area contributed by atoms with Gasteiger partial charge in [-0.3, -0.25) is 9.59 Å². The SMILES string of the molecule is CCC(C)C[C@H](NC(=O)[C@@H](NC(=O)OC)C(C)C)c1nc2ccc(-c3ccc4cc(-c5cnc([C@@H]6CC(C)[C@@H](C)N6C(=O)[C@@H](NC(=O)OC)C(C)C)[nH]5)ccc4c3)cc2[nH]1. The van der Waals surface area contributed by atoms with Crippen LogP contribution >= 0.6 is 0 Å². The van der Waals surface area contributed by atoms with Gasteiger partial charge in [-0.2, -0.15) is 0 Å². The molecule has 0 bridgehead atoms. The summed E-state index contributed by atoms with van der Waals surface area (Å²) in [6, 6.07) is 16.6. The van der Waals surface area contributed by atoms with Gasteiger partial charge in [0.2, 0.25) is 11.8 Å². The van der Waals surface area contributed by atoms with Crippen LogP contribution in [0.1, 0.15) is 98.4 Å². The minimum absolute atomic E-state index is 0.0392. The molecule has 0 spiro atoms. The molecule has 1 aliphatic rings. The Morgan fingerprint density at radius 3 is 2.03 bits per heavy atom. The average molecular weight is 821 g/mol. The van der Waals surface area contributed by atoms with Crippen LogP contribution in [0.2, 0.25) is 0 Å². The average Bonchev–Trinajstić information content (AvgIpc) is 3.97. The molecule has 14 nitrogen and oxygen atoms in total. The highest BCUT2D eigenvalue weighted by molar-refractivity contribution is 5.92. The van der Waals surface area contributed by atoms with Crippen molar-refractivity contribution in [2.45, 2.75) is 105 Å². The molecule has 1 fully saturated rings. The molecule has 3 aromatic carbocycles. The number of ether oxygens (including phenoxy) is 2. The molecule has 0 saturated carbocycles. The Morgan fingerprint density at radius 1 is 0.800 bits per heavy atom. The first kappa shape index (κ1) is 43.7. The fourth-order valence-electron chi connectivity index (χ4n) is 8.09. The number of aromatic nitrogens is 4. The molecule has 5 N–H and O–H groups in total. The second-order valence-electron chi connectivity index (χ2n) is 17.1. The third-order valence-electron chi connectivity index (χ3n) is 12.1. The smallest absolute Gasteiger partial charge is 0.407 e. The maximum Gasteiger partial charge on any atom is 0.407 e. The van der Waals surface area contributed by atoms with E-state index in [0.717, 1.165) is 57.0 Å². The van der Waals surface area contributed by atoms with Crippen LogP contribution in [0.15, 0.2) is 60.8 Å². The number of likely N-dealkylation sites (tertiary alicyclic amines) is 1. The van der Waals surface area contributed by atoms with Crippen molar-refractivity contribution in [1.29, 1.82) is 0 Å². The Kier molecular flexibility index (Phi) is 13.5. The molecule has 14 heteroatoms. The summed E-state index contributed by atoms with van der Waals surface area (Å²) in [7, 11) is 2.57. The van der Waals surface area contributed by atoms with Gasteiger partial charge in [-0.05, 0) is 89.6 Å². The van der Waals surface area contributed by atoms with Crippen molar-refractivity contribution < 1.29 is 28.7 Å². The zero-order valence-corrected chi connectivity index (χ0v) is 36.4. The third kappa shape index (κ3) is 9.42. The number of fused-ring (bicyclic) bond motifs is 2. The lowest BCUT2D eigenvalue weighted by atomic mass is 9.97. The lowest BCUT2D eigenvalue weighted by Gasteiger charge is -2.33. The van der Waals surface area contributed by atoms with Crippen LogP contribution in [-0.2, 0) is 19.1 Å². The number of aromatic amines is 2. The van der Waals surface area contributed by atoms with Crippen molar-refractivity contribution in [2.75, 3.05) is 14.2 Å². The van der Waals surface area contributed by atoms with Crippen molar-refractivity contribution in [3.05, 3.63) is 72.4 Å². The molecule has 3 heterocycles. The highest BCUT2D eigenvalue weighted by Gasteiger charge is 2.44. The van der Waals surface area contributed by atoms with Crippen LogP contribution in [0.25, 0.3) is 44.2 Å². The normalized spacial score (nSPS) is 18.7. The summed E-state index contributed by atoms with van der Waals surface area (Å²) in [6.45, 7) is 16.0. The minimum atomic E-state index is -0.761. The number of benzene rings is 3. The minimum Gasteiger partial charge on any atom is -0.453 e. The summed E-state index contributed by atoms with van der Waals surface area (Å²) in [6.07, 6.45) is 2.90. The number of alkyl carbamates (subject to hydrolysis) is 2. The molecule has 0 radical (unpaired) electrons. The first-order chi connectivity index (χ1) is 28.6. The van der Waals surface area contributed by atoms with Gasteiger partial charge in [0.25, 0.3) is 0 Å². The number of nitrogens with one attached hydrogen (secondary N) is 5. The van der Waals surface area contributed by atoms with Crippen molar-refractivity contribution in [3.8, 4) is 22.4 Å². The lowest BCUT2D eigenvalue weighted by molar-refractivity contribution is -0.137. The predicted molar refractivity (Wildman–Crippen MR) is 233 cm³/mol. The van der Waals surface area contributed by atoms with Gasteiger partial charge in [0, 0.05) is 11.6 Å². The van der Waals surface area contributed by atoms with Gasteiger partial charge >= 0.3 is 12.2 Å². The van der Waals surface area contributed by atoms with Crippen LogP contribution in [0.5, 0.6) is 0 Å². The Labute approximate surface area is 352 Å². The molecule has 7 atom stereocenters. The fourth-order valence-corrected chi connectivity index (χ4v) is 8.09. The van der Waals surface area contributed by atoms with Crippen molar-refractivity contribution in [3.63, 3.8) is 0 Å². The summed E-state index contributed by atoms with van der Waals surface area (Å²) >= 11 is 0. The maximum atomic E-state index is 14.0. The Hall–Kier alpha value is -5.92. The van der Waals surface area contributed by atoms with Gasteiger partial charge in [-0.25, -0.2) is 19.6 Å². The van der Waals surface area contributed by atoms with E-state index in [1.165, 1.54) is 14.2 Å². The molecule has 5 aromatic rings. The molecular weight excluding hydrogens is 761 g/mol. The molecule has 320 valence electrons. The molecule has 2 aromatic heterocycles. The van der Waals surface area contributed by atoms with Gasteiger partial charge in [-0.1, -0.05) is 85.2 Å². The highest BCUT2D eigenvalue weighted by Crippen LogP contribution is 2.40. The van der Waals surface area contributed by atoms with E-state index >= 15 is 0 Å². The van der Waals surface area contributed by atoms with E-state index < -0.39 is 24.3 Å². The number of methoxy groups -OCH3 is 2. The number of rotatable bonds is 14. The number of imidazole rings is 2. The molecule has 1 aliphatic heterocycles. The summed E-state index contributed by atoms with van der Waals surface area (Å²) in [4.78, 5) is 70.1. The first-order valence-corrected chi connectivity index (χ1v) is 21.0. The van der Waals surface area contributed by atoms with Crippen LogP contribution in [0.3, 0.4) is 0 Å². The van der Waals surface area contributed by atoms with Crippen molar-refractivity contribution >= 4 is 45.8 Å². The lowest BCUT2D eigenvalue weighted by Crippen LogP contribution is -2.53. The fraction of sp³-hybridized carbons (Fsp3) is 0.478. The Balaban J connectivity index is 1.22. The van der Waals surface area contributed by atoms with Gasteiger partial charge in [0.15, 0.2) is 0 Å². The van der Waals surface area contributed by atoms with E-state index in [2.05, 4.69) is 95.2 Å². The van der Waals surface area contributed by atoms with Crippen LogP contribution in [0.4, 0.5) is 9.59 Å². The summed E-state index contributed by atoms with van der Waals surface area (Å²) < 4.78 is 9.58. The number of hydrogen-bond acceptors (Lipinski definition) is 8. The summed E-state index contributed by atoms with van der Waals surface area (Å²) in [5.74, 6) is 1.21. The second-order valence-corrected chi connectivity index (χ2v) is 17.1. The number of amides is 4. The van der Waals surface area contributed by atoms with E-state index in [4.69, 9.17) is 19.4 Å². The predicted octanol–water partition coefficient (Wildman–Crippen LogP) is 8.43. The van der Waals surface area contributed by atoms with Crippen LogP contribution < -0.4 is 16.0 Å². The summed E-state index contributed by atoms with van der Waals surface area (Å²) in [5.41, 5.74) is 5.55. The summed E-state index contributed by atoms with van der Waals surface area (Å²) in [5, 5.41) is 10.7. The van der Waals surface area contributed by atoms with Gasteiger partial charge < -0.3 is 40.3 Å². The highest BCUT2D eigenvalue weighted by atomic mass is 16.5. The molecule has 6 rings (SSSR count). The molecule has 4 amide bonds. The number of H-pyrrole nitrogens is 2. The number of carbonyl (C=O) groups excluding carboxylic acids is 4. The van der Waals surface area contributed by atoms with E-state index in [1.807, 2.05) is 51.8 Å². The molecule has 60 heavy (non-hydrogen) atoms. The van der Waals surface area contributed by atoms with E-state index in [0.29, 0.717) is 24.0 Å². The monoisotopic (exact) mass is 820 g/mol. The molecular formula is C46H60N8O6. The van der Waals surface area contributed by atoms with Gasteiger partial charge in [-0.15, -0.1) is 0 Å². The molecule has 2 unspecified atom stereocenters. The topological polar surface area (TPSA) is 183 Å².